The molecule has 0 aromatic carbocycles. The normalized spacial score (nSPS) is 14.4. The first-order valence-electron chi connectivity index (χ1n) is 17.0. The van der Waals surface area contributed by atoms with E-state index in [2.05, 4.69) is 36.5 Å². The van der Waals surface area contributed by atoms with Crippen molar-refractivity contribution in [2.45, 2.75) is 77.0 Å². The van der Waals surface area contributed by atoms with Gasteiger partial charge in [-0.05, 0) is 55.1 Å². The van der Waals surface area contributed by atoms with Gasteiger partial charge >= 0.3 is 0 Å². The minimum Gasteiger partial charge on any atom is -0.355 e. The van der Waals surface area contributed by atoms with Gasteiger partial charge < -0.3 is 14.4 Å². The molecule has 2 fully saturated rings. The molecule has 2 saturated heterocycles. The molecule has 2 aliphatic rings. The number of halogens is 1. The van der Waals surface area contributed by atoms with Crippen molar-refractivity contribution in [1.29, 1.82) is 0 Å². The molecule has 0 spiro atoms. The maximum Gasteiger partial charge on any atom is 0.184 e. The predicted octanol–water partition coefficient (Wildman–Crippen LogP) is 8.29. The van der Waals surface area contributed by atoms with Crippen LogP contribution in [-0.2, 0) is 9.59 Å². The molecule has 0 unspecified atom stereocenters. The number of Topliss-reactive ketones (excluding diaryl/α,β-unsaturated/α-hetero) is 4. The number of unbranched alkanes of at least 4 members (excludes halogenated alkanes) is 6. The Hall–Kier alpha value is -3.10. The average molecular weight is 774 g/mol. The number of alkyl halides is 1. The van der Waals surface area contributed by atoms with Gasteiger partial charge in [0.15, 0.2) is 23.1 Å². The summed E-state index contributed by atoms with van der Waals surface area (Å²) >= 11 is 6.55. The van der Waals surface area contributed by atoms with Gasteiger partial charge in [-0.3, -0.25) is 24.1 Å². The number of aromatic nitrogens is 2. The SMILES string of the molecule is O=C(CCCCCCBr)c1cc(-c2cccs2)on1.O=C1CCN(CCCCCCC(=O)c2cc(-c3cccs3)on2)C1.O=C1CCNC1. The van der Waals surface area contributed by atoms with E-state index >= 15 is 0 Å². The zero-order chi connectivity index (χ0) is 34.7. The van der Waals surface area contributed by atoms with Crippen LogP contribution in [0.3, 0.4) is 0 Å². The molecule has 10 nitrogen and oxygen atoms in total. The van der Waals surface area contributed by atoms with Crippen LogP contribution in [0.2, 0.25) is 0 Å². The highest BCUT2D eigenvalue weighted by molar-refractivity contribution is 9.09. The van der Waals surface area contributed by atoms with Crippen molar-refractivity contribution in [1.82, 2.24) is 20.5 Å². The van der Waals surface area contributed by atoms with E-state index in [1.807, 2.05) is 35.0 Å². The van der Waals surface area contributed by atoms with Gasteiger partial charge in [0.05, 0.1) is 22.8 Å². The number of ketones is 4. The maximum absolute atomic E-state index is 12.1. The van der Waals surface area contributed by atoms with E-state index < -0.39 is 0 Å². The molecule has 0 bridgehead atoms. The molecular weight excluding hydrogens is 728 g/mol. The Bertz CT molecular complexity index is 1560. The lowest BCUT2D eigenvalue weighted by Gasteiger charge is -2.12. The number of thiophene rings is 2. The van der Waals surface area contributed by atoms with Crippen LogP contribution in [0.15, 0.2) is 56.2 Å². The van der Waals surface area contributed by atoms with Crippen molar-refractivity contribution in [3.8, 4) is 21.3 Å². The summed E-state index contributed by atoms with van der Waals surface area (Å²) in [7, 11) is 0. The van der Waals surface area contributed by atoms with Gasteiger partial charge in [-0.25, -0.2) is 0 Å². The van der Waals surface area contributed by atoms with E-state index in [0.29, 0.717) is 66.8 Å². The Balaban J connectivity index is 0.000000192. The predicted molar refractivity (Wildman–Crippen MR) is 197 cm³/mol. The second-order valence-corrected chi connectivity index (χ2v) is 14.7. The van der Waals surface area contributed by atoms with Crippen LogP contribution in [0, 0.1) is 0 Å². The van der Waals surface area contributed by atoms with Crippen LogP contribution >= 0.6 is 38.6 Å². The minimum atomic E-state index is 0.0479. The number of rotatable bonds is 17. The second kappa shape index (κ2) is 21.9. The van der Waals surface area contributed by atoms with Gasteiger partial charge in [0.25, 0.3) is 0 Å². The van der Waals surface area contributed by atoms with Crippen LogP contribution in [0.1, 0.15) is 98.0 Å². The summed E-state index contributed by atoms with van der Waals surface area (Å²) in [6.07, 6.45) is 10.9. The van der Waals surface area contributed by atoms with E-state index in [9.17, 15) is 19.2 Å². The molecule has 4 aromatic rings. The summed E-state index contributed by atoms with van der Waals surface area (Å²) in [6.45, 7) is 4.01. The first-order valence-corrected chi connectivity index (χ1v) is 19.9. The molecule has 0 radical (unpaired) electrons. The maximum atomic E-state index is 12.1. The zero-order valence-electron chi connectivity index (χ0n) is 27.8. The van der Waals surface area contributed by atoms with Gasteiger partial charge in [-0.2, -0.15) is 0 Å². The summed E-state index contributed by atoms with van der Waals surface area (Å²) in [5.74, 6) is 2.16. The number of carbonyl (C=O) groups excluding carboxylic acids is 4. The number of nitrogens with zero attached hydrogens (tertiary/aromatic N) is 3. The molecule has 4 aromatic heterocycles. The standard InChI is InChI=1S/C18H22N2O3S.C14H16BrNO2S.C4H7NO/c21-14-8-10-20(13-14)9-4-2-1-3-6-16(22)15-12-17(23-19-15)18-7-5-11-24-18;15-8-4-2-1-3-6-12(17)11-10-13(18-16-11)14-7-5-9-19-14;6-4-1-2-5-3-4/h5,7,11-12H,1-4,6,8-10,13H2;5,7,9-10H,1-4,6,8H2;5H,1-3H2. The Kier molecular flexibility index (Phi) is 17.3. The fourth-order valence-electron chi connectivity index (χ4n) is 5.27. The van der Waals surface area contributed by atoms with E-state index in [0.717, 1.165) is 86.1 Å². The highest BCUT2D eigenvalue weighted by Crippen LogP contribution is 2.27. The molecule has 264 valence electrons. The monoisotopic (exact) mass is 772 g/mol. The topological polar surface area (TPSA) is 136 Å². The quantitative estimate of drug-likeness (QED) is 0.0634. The molecular formula is C36H45BrN4O6S2. The Labute approximate surface area is 304 Å². The number of carbonyl (C=O) groups is 4. The summed E-state index contributed by atoms with van der Waals surface area (Å²) in [4.78, 5) is 49.6. The number of hydrogen-bond donors (Lipinski definition) is 1. The second-order valence-electron chi connectivity index (χ2n) is 12.0. The number of likely N-dealkylation sites (tertiary alicyclic amines) is 1. The minimum absolute atomic E-state index is 0.0479. The van der Waals surface area contributed by atoms with Crippen molar-refractivity contribution < 1.29 is 28.2 Å². The largest absolute Gasteiger partial charge is 0.355 e. The van der Waals surface area contributed by atoms with Crippen molar-refractivity contribution in [2.75, 3.05) is 38.1 Å². The van der Waals surface area contributed by atoms with Gasteiger partial charge in [0.1, 0.15) is 23.0 Å². The number of hydrogen-bond acceptors (Lipinski definition) is 12. The molecule has 0 aliphatic carbocycles. The van der Waals surface area contributed by atoms with Crippen molar-refractivity contribution in [3.63, 3.8) is 0 Å². The van der Waals surface area contributed by atoms with Gasteiger partial charge in [0, 0.05) is 56.2 Å². The first-order chi connectivity index (χ1) is 23.9. The summed E-state index contributed by atoms with van der Waals surface area (Å²) in [6, 6.07) is 11.3. The van der Waals surface area contributed by atoms with Crippen molar-refractivity contribution in [3.05, 3.63) is 58.5 Å². The molecule has 0 saturated carbocycles. The van der Waals surface area contributed by atoms with Crippen LogP contribution in [0.4, 0.5) is 0 Å². The third-order valence-corrected chi connectivity index (χ3v) is 10.4. The Morgan fingerprint density at radius 1 is 0.776 bits per heavy atom. The molecule has 2 aliphatic heterocycles. The van der Waals surface area contributed by atoms with Gasteiger partial charge in [-0.15, -0.1) is 22.7 Å². The lowest BCUT2D eigenvalue weighted by Crippen LogP contribution is -2.21. The zero-order valence-corrected chi connectivity index (χ0v) is 31.1. The molecule has 0 atom stereocenters. The summed E-state index contributed by atoms with van der Waals surface area (Å²) < 4.78 is 10.5. The molecule has 0 amide bonds. The molecule has 6 heterocycles. The highest BCUT2D eigenvalue weighted by Gasteiger charge is 2.18. The van der Waals surface area contributed by atoms with E-state index in [1.165, 1.54) is 6.42 Å². The fourth-order valence-corrected chi connectivity index (χ4v) is 7.02. The summed E-state index contributed by atoms with van der Waals surface area (Å²) in [5, 5.41) is 15.7. The summed E-state index contributed by atoms with van der Waals surface area (Å²) in [5.41, 5.74) is 0.873. The lowest BCUT2D eigenvalue weighted by molar-refractivity contribution is -0.117. The van der Waals surface area contributed by atoms with E-state index in [4.69, 9.17) is 9.05 Å². The van der Waals surface area contributed by atoms with Gasteiger partial charge in [0.2, 0.25) is 0 Å². The third kappa shape index (κ3) is 14.0. The number of nitrogens with one attached hydrogen (secondary N) is 1. The Morgan fingerprint density at radius 3 is 1.78 bits per heavy atom. The van der Waals surface area contributed by atoms with Crippen molar-refractivity contribution in [2.24, 2.45) is 0 Å². The molecule has 13 heteroatoms. The highest BCUT2D eigenvalue weighted by atomic mass is 79.9. The molecule has 6 rings (SSSR count). The van der Waals surface area contributed by atoms with Crippen molar-refractivity contribution >= 4 is 61.7 Å². The Morgan fingerprint density at radius 2 is 1.35 bits per heavy atom. The fraction of sp³-hybridized carbons (Fsp3) is 0.500. The average Bonchev–Trinajstić information content (AvgIpc) is 3.95. The molecule has 49 heavy (non-hydrogen) atoms. The first kappa shape index (κ1) is 38.7. The van der Waals surface area contributed by atoms with E-state index in [-0.39, 0.29) is 11.6 Å². The molecule has 1 N–H and O–H groups in total. The lowest BCUT2D eigenvalue weighted by atomic mass is 10.1. The smallest absolute Gasteiger partial charge is 0.184 e. The van der Waals surface area contributed by atoms with Crippen LogP contribution in [0.25, 0.3) is 21.3 Å². The van der Waals surface area contributed by atoms with Gasteiger partial charge in [-0.1, -0.05) is 64.1 Å². The van der Waals surface area contributed by atoms with Crippen LogP contribution in [0.5, 0.6) is 0 Å². The third-order valence-electron chi connectivity index (χ3n) is 8.04. The van der Waals surface area contributed by atoms with E-state index in [1.54, 1.807) is 34.8 Å². The van der Waals surface area contributed by atoms with Crippen LogP contribution in [-0.4, -0.2) is 76.4 Å². The van der Waals surface area contributed by atoms with Crippen LogP contribution < -0.4 is 5.32 Å².